The van der Waals surface area contributed by atoms with Crippen molar-refractivity contribution in [1.82, 2.24) is 29.3 Å². The van der Waals surface area contributed by atoms with Gasteiger partial charge in [-0.3, -0.25) is 9.48 Å². The first-order valence-corrected chi connectivity index (χ1v) is 10.8. The lowest BCUT2D eigenvalue weighted by Gasteiger charge is -2.45. The fraction of sp³-hybridized carbons (Fsp3) is 0.304. The highest BCUT2D eigenvalue weighted by Gasteiger charge is 2.44. The van der Waals surface area contributed by atoms with E-state index in [1.807, 2.05) is 4.90 Å². The summed E-state index contributed by atoms with van der Waals surface area (Å²) in [5, 5.41) is 9.03. The molecule has 168 valence electrons. The highest BCUT2D eigenvalue weighted by atomic mass is 19.2. The molecule has 7 nitrogen and oxygen atoms in total. The van der Waals surface area contributed by atoms with E-state index in [0.717, 1.165) is 37.0 Å². The molecule has 1 amide bonds. The molecular weight excluding hydrogens is 433 g/mol. The predicted molar refractivity (Wildman–Crippen MR) is 112 cm³/mol. The lowest BCUT2D eigenvalue weighted by Crippen LogP contribution is -2.50. The fourth-order valence-corrected chi connectivity index (χ4v) is 5.27. The molecule has 0 saturated carbocycles. The van der Waals surface area contributed by atoms with Gasteiger partial charge in [-0.05, 0) is 43.9 Å². The predicted octanol–water partition coefficient (Wildman–Crippen LogP) is 3.84. The highest BCUT2D eigenvalue weighted by Crippen LogP contribution is 2.45. The second kappa shape index (κ2) is 7.16. The number of piperidine rings is 1. The van der Waals surface area contributed by atoms with Crippen molar-refractivity contribution in [3.8, 4) is 11.3 Å². The molecule has 6 rings (SSSR count). The van der Waals surface area contributed by atoms with Gasteiger partial charge in [0.15, 0.2) is 28.8 Å². The zero-order chi connectivity index (χ0) is 22.9. The summed E-state index contributed by atoms with van der Waals surface area (Å²) < 4.78 is 44.6. The van der Waals surface area contributed by atoms with Crippen LogP contribution in [0.1, 0.15) is 47.1 Å². The molecule has 0 aliphatic carbocycles. The van der Waals surface area contributed by atoms with Crippen molar-refractivity contribution in [2.75, 3.05) is 0 Å². The van der Waals surface area contributed by atoms with Crippen LogP contribution >= 0.6 is 0 Å². The number of aromatic nitrogens is 5. The maximum atomic E-state index is 14.0. The van der Waals surface area contributed by atoms with E-state index in [-0.39, 0.29) is 23.6 Å². The van der Waals surface area contributed by atoms with Crippen molar-refractivity contribution in [2.24, 2.45) is 7.05 Å². The van der Waals surface area contributed by atoms with Gasteiger partial charge in [0, 0.05) is 42.7 Å². The molecule has 2 bridgehead atoms. The average Bonchev–Trinajstić information content (AvgIpc) is 3.37. The number of nitrogens with zero attached hydrogens (tertiary/aromatic N) is 6. The molecule has 0 N–H and O–H groups in total. The Morgan fingerprint density at radius 3 is 2.64 bits per heavy atom. The molecule has 1 saturated heterocycles. The van der Waals surface area contributed by atoms with Gasteiger partial charge in [0.25, 0.3) is 5.91 Å². The summed E-state index contributed by atoms with van der Waals surface area (Å²) in [6.07, 6.45) is 6.34. The summed E-state index contributed by atoms with van der Waals surface area (Å²) in [6, 6.07) is 5.03. The Labute approximate surface area is 186 Å². The van der Waals surface area contributed by atoms with E-state index in [4.69, 9.17) is 0 Å². The van der Waals surface area contributed by atoms with Crippen molar-refractivity contribution < 1.29 is 18.0 Å². The van der Waals surface area contributed by atoms with E-state index in [2.05, 4.69) is 15.2 Å². The lowest BCUT2D eigenvalue weighted by molar-refractivity contribution is 0.0385. The largest absolute Gasteiger partial charge is 0.325 e. The van der Waals surface area contributed by atoms with Crippen LogP contribution in [-0.2, 0) is 13.5 Å². The minimum absolute atomic E-state index is 0.0976. The maximum Gasteiger partial charge on any atom is 0.275 e. The number of hydrogen-bond acceptors (Lipinski definition) is 4. The second-order valence-electron chi connectivity index (χ2n) is 8.56. The highest BCUT2D eigenvalue weighted by molar-refractivity contribution is 5.94. The third-order valence-corrected chi connectivity index (χ3v) is 6.62. The molecule has 2 aliphatic heterocycles. The number of halogens is 3. The second-order valence-corrected chi connectivity index (χ2v) is 8.56. The van der Waals surface area contributed by atoms with Gasteiger partial charge in [-0.2, -0.15) is 10.2 Å². The fourth-order valence-electron chi connectivity index (χ4n) is 5.27. The Bertz CT molecular complexity index is 1370. The smallest absolute Gasteiger partial charge is 0.275 e. The topological polar surface area (TPSA) is 68.3 Å². The third-order valence-electron chi connectivity index (χ3n) is 6.62. The van der Waals surface area contributed by atoms with E-state index in [1.54, 1.807) is 40.8 Å². The summed E-state index contributed by atoms with van der Waals surface area (Å²) >= 11 is 0. The summed E-state index contributed by atoms with van der Waals surface area (Å²) in [7, 11) is 1.69. The van der Waals surface area contributed by atoms with Crippen LogP contribution in [0.4, 0.5) is 13.2 Å². The van der Waals surface area contributed by atoms with Crippen LogP contribution < -0.4 is 0 Å². The van der Waals surface area contributed by atoms with Gasteiger partial charge >= 0.3 is 0 Å². The van der Waals surface area contributed by atoms with Crippen LogP contribution in [0.3, 0.4) is 0 Å². The van der Waals surface area contributed by atoms with E-state index in [9.17, 15) is 18.0 Å². The molecule has 33 heavy (non-hydrogen) atoms. The first-order valence-electron chi connectivity index (χ1n) is 10.8. The summed E-state index contributed by atoms with van der Waals surface area (Å²) in [5.41, 5.74) is 3.23. The standard InChI is InChI=1S/C23H19F3N6O/c1-30-22(12-8-15(24)20(26)16(25)9-12)14-10-13-4-2-5-18(21(14)29-30)32(13)23(33)17-11-19-27-6-3-7-31(19)28-17/h3,6-9,11,13,18H,2,4-5,10H2,1H3/t13-,18+/m0/s1. The molecule has 0 radical (unpaired) electrons. The van der Waals surface area contributed by atoms with Crippen LogP contribution in [-0.4, -0.2) is 41.2 Å². The monoisotopic (exact) mass is 452 g/mol. The van der Waals surface area contributed by atoms with Gasteiger partial charge in [0.05, 0.1) is 17.4 Å². The van der Waals surface area contributed by atoms with Crippen molar-refractivity contribution in [1.29, 1.82) is 0 Å². The number of benzene rings is 1. The maximum absolute atomic E-state index is 14.0. The number of fused-ring (bicyclic) bond motifs is 5. The zero-order valence-corrected chi connectivity index (χ0v) is 17.7. The third kappa shape index (κ3) is 2.96. The van der Waals surface area contributed by atoms with E-state index in [1.165, 1.54) is 0 Å². The molecule has 2 aliphatic rings. The molecule has 2 atom stereocenters. The number of amides is 1. The Hall–Kier alpha value is -3.69. The van der Waals surface area contributed by atoms with Crippen molar-refractivity contribution in [3.63, 3.8) is 0 Å². The molecule has 1 aromatic carbocycles. The summed E-state index contributed by atoms with van der Waals surface area (Å²) in [5.74, 6) is -4.17. The molecule has 4 aromatic rings. The van der Waals surface area contributed by atoms with Gasteiger partial charge < -0.3 is 4.90 Å². The minimum atomic E-state index is -1.50. The van der Waals surface area contributed by atoms with Crippen LogP contribution in [0.15, 0.2) is 36.7 Å². The van der Waals surface area contributed by atoms with Crippen LogP contribution in [0.2, 0.25) is 0 Å². The molecule has 3 aromatic heterocycles. The Balaban J connectivity index is 1.43. The molecule has 10 heteroatoms. The molecule has 5 heterocycles. The van der Waals surface area contributed by atoms with Crippen molar-refractivity contribution >= 4 is 11.6 Å². The Morgan fingerprint density at radius 2 is 1.88 bits per heavy atom. The summed E-state index contributed by atoms with van der Waals surface area (Å²) in [4.78, 5) is 19.6. The van der Waals surface area contributed by atoms with Gasteiger partial charge in [-0.15, -0.1) is 0 Å². The van der Waals surface area contributed by atoms with Gasteiger partial charge in [-0.1, -0.05) is 0 Å². The average molecular weight is 452 g/mol. The molecule has 0 spiro atoms. The first kappa shape index (κ1) is 20.0. The van der Waals surface area contributed by atoms with Crippen molar-refractivity contribution in [3.05, 3.63) is 71.1 Å². The Morgan fingerprint density at radius 1 is 1.09 bits per heavy atom. The van der Waals surface area contributed by atoms with Gasteiger partial charge in [0.2, 0.25) is 0 Å². The van der Waals surface area contributed by atoms with Crippen LogP contribution in [0.25, 0.3) is 16.9 Å². The Kier molecular flexibility index (Phi) is 4.33. The van der Waals surface area contributed by atoms with E-state index >= 15 is 0 Å². The van der Waals surface area contributed by atoms with E-state index in [0.29, 0.717) is 29.1 Å². The number of carbonyl (C=O) groups is 1. The molecular formula is C23H19F3N6O. The van der Waals surface area contributed by atoms with Crippen molar-refractivity contribution in [2.45, 2.75) is 37.8 Å². The minimum Gasteiger partial charge on any atom is -0.325 e. The number of rotatable bonds is 2. The van der Waals surface area contributed by atoms with Crippen LogP contribution in [0.5, 0.6) is 0 Å². The van der Waals surface area contributed by atoms with Gasteiger partial charge in [0.1, 0.15) is 0 Å². The van der Waals surface area contributed by atoms with Gasteiger partial charge in [-0.25, -0.2) is 22.7 Å². The quantitative estimate of drug-likeness (QED) is 0.434. The molecule has 0 unspecified atom stereocenters. The van der Waals surface area contributed by atoms with E-state index < -0.39 is 17.5 Å². The number of aryl methyl sites for hydroxylation is 1. The molecule has 1 fully saturated rings. The summed E-state index contributed by atoms with van der Waals surface area (Å²) in [6.45, 7) is 0. The number of carbonyl (C=O) groups excluding carboxylic acids is 1. The SMILES string of the molecule is Cn1nc2c(c1-c1cc(F)c(F)c(F)c1)C[C@@H]1CCC[C@H]2N1C(=O)c1cc2ncccn2n1. The normalized spacial score (nSPS) is 19.7. The number of hydrogen-bond donors (Lipinski definition) is 0. The lowest BCUT2D eigenvalue weighted by atomic mass is 9.81. The zero-order valence-electron chi connectivity index (χ0n) is 17.7. The van der Waals surface area contributed by atoms with Crippen LogP contribution in [0, 0.1) is 17.5 Å². The first-order chi connectivity index (χ1) is 15.9.